The molecule has 0 radical (unpaired) electrons. The first kappa shape index (κ1) is 33.3. The van der Waals surface area contributed by atoms with Crippen LogP contribution in [0.3, 0.4) is 0 Å². The molecule has 3 N–H and O–H groups in total. The van der Waals surface area contributed by atoms with Crippen molar-refractivity contribution in [3.05, 3.63) is 111 Å². The summed E-state index contributed by atoms with van der Waals surface area (Å²) in [6.07, 6.45) is 2.21. The molecule has 1 aromatic heterocycles. The number of nitrogens with two attached hydrogens (primary N) is 1. The molecular weight excluding hydrogens is 600 g/mol. The van der Waals surface area contributed by atoms with Crippen molar-refractivity contribution in [2.24, 2.45) is 18.7 Å². The van der Waals surface area contributed by atoms with Crippen LogP contribution in [0.15, 0.2) is 77.6 Å². The molecule has 242 valence electrons. The molecule has 3 unspecified atom stereocenters. The van der Waals surface area contributed by atoms with Crippen molar-refractivity contribution in [1.82, 2.24) is 24.7 Å². The van der Waals surface area contributed by atoms with Crippen LogP contribution in [-0.2, 0) is 20.0 Å². The average molecular weight is 643 g/mol. The number of hydrogen-bond acceptors (Lipinski definition) is 6. The number of rotatable bonds is 12. The molecule has 2 amide bonds. The zero-order valence-electron chi connectivity index (χ0n) is 26.8. The summed E-state index contributed by atoms with van der Waals surface area (Å²) in [5.74, 6) is -0.128. The van der Waals surface area contributed by atoms with E-state index in [4.69, 9.17) is 22.3 Å². The largest absolute Gasteiger partial charge is 0.366 e. The van der Waals surface area contributed by atoms with E-state index in [1.54, 1.807) is 54.1 Å². The highest BCUT2D eigenvalue weighted by Gasteiger charge is 2.41. The Bertz CT molecular complexity index is 1740. The number of aromatic nitrogens is 2. The summed E-state index contributed by atoms with van der Waals surface area (Å²) < 4.78 is 1.59. The Morgan fingerprint density at radius 3 is 2.41 bits per heavy atom. The molecule has 0 aliphatic carbocycles. The van der Waals surface area contributed by atoms with Crippen LogP contribution in [0.1, 0.15) is 58.8 Å². The number of primary amides is 1. The summed E-state index contributed by atoms with van der Waals surface area (Å²) in [6, 6.07) is 22.2. The smallest absolute Gasteiger partial charge is 0.261 e. The fourth-order valence-corrected chi connectivity index (χ4v) is 6.93. The lowest BCUT2D eigenvalue weighted by molar-refractivity contribution is 0.0349. The van der Waals surface area contributed by atoms with Crippen molar-refractivity contribution < 1.29 is 9.59 Å². The first-order valence-electron chi connectivity index (χ1n) is 16.1. The molecule has 1 aliphatic rings. The number of carbonyl (C=O) groups excluding carboxylic acids is 2. The van der Waals surface area contributed by atoms with E-state index in [2.05, 4.69) is 36.2 Å². The summed E-state index contributed by atoms with van der Waals surface area (Å²) in [5.41, 5.74) is 7.90. The number of halogens is 1. The topological polar surface area (TPSA) is 114 Å². The van der Waals surface area contributed by atoms with Crippen molar-refractivity contribution in [3.8, 4) is 0 Å². The van der Waals surface area contributed by atoms with Gasteiger partial charge in [0.15, 0.2) is 0 Å². The Hall–Kier alpha value is -4.05. The highest BCUT2D eigenvalue weighted by atomic mass is 35.5. The summed E-state index contributed by atoms with van der Waals surface area (Å²) in [7, 11) is 1.74. The van der Waals surface area contributed by atoms with Crippen molar-refractivity contribution in [2.45, 2.75) is 51.7 Å². The van der Waals surface area contributed by atoms with Crippen LogP contribution in [0.25, 0.3) is 10.9 Å². The Labute approximate surface area is 275 Å². The molecule has 0 bridgehead atoms. The van der Waals surface area contributed by atoms with Crippen LogP contribution in [0, 0.1) is 5.92 Å². The second-order valence-corrected chi connectivity index (χ2v) is 12.4. The van der Waals surface area contributed by atoms with Crippen LogP contribution < -0.4 is 16.6 Å². The predicted octanol–water partition coefficient (Wildman–Crippen LogP) is 4.65. The lowest BCUT2D eigenvalue weighted by Crippen LogP contribution is -2.58. The number of fused-ring (bicyclic) bond motifs is 1. The molecule has 1 fully saturated rings. The zero-order valence-corrected chi connectivity index (χ0v) is 27.5. The molecule has 10 heteroatoms. The SMILES string of the molecule is CCN(CC)CCC1C(Cc2ccccc2)C(NCc2nc3cc(Cl)ccc3c(=O)n2C)CCN1C(=O)c1ccccc1C(N)=O. The van der Waals surface area contributed by atoms with Gasteiger partial charge >= 0.3 is 0 Å². The Kier molecular flexibility index (Phi) is 10.9. The minimum Gasteiger partial charge on any atom is -0.366 e. The van der Waals surface area contributed by atoms with Gasteiger partial charge in [-0.3, -0.25) is 19.0 Å². The molecule has 3 aromatic carbocycles. The number of carbonyl (C=O) groups is 2. The lowest BCUT2D eigenvalue weighted by atomic mass is 9.78. The van der Waals surface area contributed by atoms with Crippen LogP contribution in [-0.4, -0.2) is 69.4 Å². The fourth-order valence-electron chi connectivity index (χ4n) is 6.76. The molecule has 5 rings (SSSR count). The van der Waals surface area contributed by atoms with Crippen molar-refractivity contribution >= 4 is 34.3 Å². The number of hydrogen-bond donors (Lipinski definition) is 2. The minimum absolute atomic E-state index is 0.0318. The molecule has 4 aromatic rings. The molecule has 3 atom stereocenters. The zero-order chi connectivity index (χ0) is 32.8. The van der Waals surface area contributed by atoms with Gasteiger partial charge in [0, 0.05) is 37.2 Å². The Balaban J connectivity index is 1.50. The van der Waals surface area contributed by atoms with E-state index in [1.165, 1.54) is 5.56 Å². The van der Waals surface area contributed by atoms with Gasteiger partial charge in [-0.25, -0.2) is 4.98 Å². The van der Waals surface area contributed by atoms with Gasteiger partial charge in [-0.15, -0.1) is 0 Å². The van der Waals surface area contributed by atoms with Crippen LogP contribution in [0.5, 0.6) is 0 Å². The number of benzene rings is 3. The highest BCUT2D eigenvalue weighted by molar-refractivity contribution is 6.31. The number of nitrogens with one attached hydrogen (secondary N) is 1. The summed E-state index contributed by atoms with van der Waals surface area (Å²) in [4.78, 5) is 48.9. The van der Waals surface area contributed by atoms with Gasteiger partial charge in [0.05, 0.1) is 28.6 Å². The van der Waals surface area contributed by atoms with E-state index in [0.29, 0.717) is 46.8 Å². The standard InChI is InChI=1S/C36H43ClN6O3/c1-4-42(5-2)19-18-32-29(21-24-11-7-6-8-12-24)30(17-20-43(32)36(46)27-14-10-9-13-26(27)34(38)44)39-23-33-40-31-22-25(37)15-16-28(31)35(45)41(33)3/h6-16,22,29-30,32,39H,4-5,17-21,23H2,1-3H3,(H2,38,44). The summed E-state index contributed by atoms with van der Waals surface area (Å²) in [6.45, 7) is 7.85. The van der Waals surface area contributed by atoms with Gasteiger partial charge in [0.25, 0.3) is 11.5 Å². The van der Waals surface area contributed by atoms with Gasteiger partial charge in [0.2, 0.25) is 5.91 Å². The third-order valence-electron chi connectivity index (χ3n) is 9.38. The fraction of sp³-hybridized carbons (Fsp3) is 0.389. The average Bonchev–Trinajstić information content (AvgIpc) is 3.07. The maximum absolute atomic E-state index is 14.3. The van der Waals surface area contributed by atoms with E-state index >= 15 is 0 Å². The van der Waals surface area contributed by atoms with Crippen molar-refractivity contribution in [1.29, 1.82) is 0 Å². The predicted molar refractivity (Wildman–Crippen MR) is 183 cm³/mol. The minimum atomic E-state index is -0.615. The van der Waals surface area contributed by atoms with Crippen LogP contribution in [0.4, 0.5) is 0 Å². The maximum atomic E-state index is 14.3. The second kappa shape index (κ2) is 15.0. The van der Waals surface area contributed by atoms with Gasteiger partial charge < -0.3 is 20.9 Å². The molecule has 0 spiro atoms. The number of amides is 2. The lowest BCUT2D eigenvalue weighted by Gasteiger charge is -2.47. The molecular formula is C36H43ClN6O3. The first-order chi connectivity index (χ1) is 22.2. The highest BCUT2D eigenvalue weighted by Crippen LogP contribution is 2.32. The molecule has 2 heterocycles. The number of nitrogens with zero attached hydrogens (tertiary/aromatic N) is 4. The third-order valence-corrected chi connectivity index (χ3v) is 9.61. The summed E-state index contributed by atoms with van der Waals surface area (Å²) in [5, 5.41) is 4.80. The van der Waals surface area contributed by atoms with Gasteiger partial charge in [0.1, 0.15) is 5.82 Å². The normalized spacial score (nSPS) is 18.3. The quantitative estimate of drug-likeness (QED) is 0.233. The molecule has 46 heavy (non-hydrogen) atoms. The van der Waals surface area contributed by atoms with E-state index < -0.39 is 5.91 Å². The van der Waals surface area contributed by atoms with Crippen LogP contribution >= 0.6 is 11.6 Å². The van der Waals surface area contributed by atoms with Crippen LogP contribution in [0.2, 0.25) is 5.02 Å². The van der Waals surface area contributed by atoms with Crippen molar-refractivity contribution in [3.63, 3.8) is 0 Å². The monoisotopic (exact) mass is 642 g/mol. The Morgan fingerprint density at radius 1 is 1.02 bits per heavy atom. The first-order valence-corrected chi connectivity index (χ1v) is 16.4. The van der Waals surface area contributed by atoms with E-state index in [-0.39, 0.29) is 35.0 Å². The number of piperidine rings is 1. The van der Waals surface area contributed by atoms with Gasteiger partial charge in [-0.05, 0) is 74.2 Å². The molecule has 0 saturated carbocycles. The summed E-state index contributed by atoms with van der Waals surface area (Å²) >= 11 is 6.23. The van der Waals surface area contributed by atoms with Crippen molar-refractivity contribution in [2.75, 3.05) is 26.2 Å². The van der Waals surface area contributed by atoms with E-state index in [1.807, 2.05) is 23.1 Å². The Morgan fingerprint density at radius 2 is 1.72 bits per heavy atom. The molecule has 9 nitrogen and oxygen atoms in total. The third kappa shape index (κ3) is 7.33. The van der Waals surface area contributed by atoms with Gasteiger partial charge in [-0.2, -0.15) is 0 Å². The number of likely N-dealkylation sites (tertiary alicyclic amines) is 1. The molecule has 1 aliphatic heterocycles. The van der Waals surface area contributed by atoms with Gasteiger partial charge in [-0.1, -0.05) is 67.9 Å². The van der Waals surface area contributed by atoms with E-state index in [0.717, 1.165) is 32.5 Å². The molecule has 1 saturated heterocycles. The second-order valence-electron chi connectivity index (χ2n) is 12.0. The van der Waals surface area contributed by atoms with E-state index in [9.17, 15) is 14.4 Å². The maximum Gasteiger partial charge on any atom is 0.261 e.